The third-order valence-corrected chi connectivity index (χ3v) is 6.22. The van der Waals surface area contributed by atoms with E-state index in [1.165, 1.54) is 12.1 Å². The molecule has 0 radical (unpaired) electrons. The first-order chi connectivity index (χ1) is 16.2. The maximum absolute atomic E-state index is 13.5. The standard InChI is InChI=1S/C28H28N2O5/c1-27(2,3)21-15-19(16-10-8-7-9-11-16)23(24(31)22(21)28(4,5)6)29-25(32)18-13-12-17(30(34)35)14-20(18)26(29)33/h7-15,31H,1-6H3. The molecule has 0 saturated heterocycles. The summed E-state index contributed by atoms with van der Waals surface area (Å²) >= 11 is 0. The average molecular weight is 473 g/mol. The Balaban J connectivity index is 2.08. The number of benzene rings is 3. The molecule has 1 heterocycles. The quantitative estimate of drug-likeness (QED) is 0.271. The predicted molar refractivity (Wildman–Crippen MR) is 135 cm³/mol. The zero-order valence-electron chi connectivity index (χ0n) is 20.7. The van der Waals surface area contributed by atoms with E-state index >= 15 is 0 Å². The number of rotatable bonds is 3. The van der Waals surface area contributed by atoms with Crippen molar-refractivity contribution < 1.29 is 19.6 Å². The van der Waals surface area contributed by atoms with Crippen molar-refractivity contribution in [3.05, 3.63) is 87.0 Å². The number of imide groups is 1. The Hall–Kier alpha value is -4.00. The summed E-state index contributed by atoms with van der Waals surface area (Å²) in [6.45, 7) is 12.0. The van der Waals surface area contributed by atoms with Gasteiger partial charge in [-0.05, 0) is 34.1 Å². The van der Waals surface area contributed by atoms with Crippen LogP contribution in [-0.4, -0.2) is 21.8 Å². The van der Waals surface area contributed by atoms with Gasteiger partial charge >= 0.3 is 0 Å². The van der Waals surface area contributed by atoms with Crippen molar-refractivity contribution in [1.29, 1.82) is 0 Å². The Kier molecular flexibility index (Phi) is 5.55. The van der Waals surface area contributed by atoms with Crippen LogP contribution >= 0.6 is 0 Å². The molecule has 2 amide bonds. The lowest BCUT2D eigenvalue weighted by Crippen LogP contribution is -2.31. The average Bonchev–Trinajstić information content (AvgIpc) is 3.01. The van der Waals surface area contributed by atoms with Crippen molar-refractivity contribution >= 4 is 23.2 Å². The van der Waals surface area contributed by atoms with Crippen LogP contribution in [0, 0.1) is 10.1 Å². The highest BCUT2D eigenvalue weighted by Gasteiger charge is 2.42. The van der Waals surface area contributed by atoms with E-state index in [0.29, 0.717) is 11.1 Å². The lowest BCUT2D eigenvalue weighted by molar-refractivity contribution is -0.384. The van der Waals surface area contributed by atoms with E-state index in [-0.39, 0.29) is 33.7 Å². The Labute approximate surface area is 204 Å². The molecule has 7 heteroatoms. The molecule has 3 aromatic carbocycles. The number of phenolic OH excluding ortho intramolecular Hbond substituents is 1. The van der Waals surface area contributed by atoms with Crippen LogP contribution in [0.2, 0.25) is 0 Å². The predicted octanol–water partition coefficient (Wildman–Crippen LogP) is 6.36. The molecule has 0 atom stereocenters. The molecule has 1 aliphatic heterocycles. The topological polar surface area (TPSA) is 101 Å². The number of carbonyl (C=O) groups is 2. The monoisotopic (exact) mass is 472 g/mol. The van der Waals surface area contributed by atoms with Crippen LogP contribution in [0.3, 0.4) is 0 Å². The fourth-order valence-electron chi connectivity index (χ4n) is 4.62. The molecule has 3 aromatic rings. The summed E-state index contributed by atoms with van der Waals surface area (Å²) in [6.07, 6.45) is 0. The van der Waals surface area contributed by atoms with Crippen molar-refractivity contribution in [1.82, 2.24) is 0 Å². The maximum Gasteiger partial charge on any atom is 0.270 e. The van der Waals surface area contributed by atoms with Crippen molar-refractivity contribution in [3.8, 4) is 16.9 Å². The van der Waals surface area contributed by atoms with Crippen LogP contribution in [0.1, 0.15) is 73.4 Å². The van der Waals surface area contributed by atoms with E-state index in [2.05, 4.69) is 0 Å². The number of non-ortho nitro benzene ring substituents is 1. The van der Waals surface area contributed by atoms with Crippen molar-refractivity contribution in [2.24, 2.45) is 0 Å². The summed E-state index contributed by atoms with van der Waals surface area (Å²) in [4.78, 5) is 38.6. The molecule has 0 bridgehead atoms. The summed E-state index contributed by atoms with van der Waals surface area (Å²) in [5, 5.41) is 23.1. The van der Waals surface area contributed by atoms with Gasteiger partial charge in [0.2, 0.25) is 0 Å². The van der Waals surface area contributed by atoms with Crippen LogP contribution in [0.5, 0.6) is 5.75 Å². The molecule has 0 fully saturated rings. The third-order valence-electron chi connectivity index (χ3n) is 6.22. The van der Waals surface area contributed by atoms with Crippen molar-refractivity contribution in [2.75, 3.05) is 4.90 Å². The summed E-state index contributed by atoms with van der Waals surface area (Å²) in [6, 6.07) is 14.8. The molecule has 1 aliphatic rings. The number of phenols is 1. The number of aromatic hydroxyl groups is 1. The Morgan fingerprint density at radius 1 is 0.800 bits per heavy atom. The van der Waals surface area contributed by atoms with Crippen molar-refractivity contribution in [2.45, 2.75) is 52.4 Å². The third kappa shape index (κ3) is 3.97. The molecule has 0 aromatic heterocycles. The Morgan fingerprint density at radius 2 is 1.40 bits per heavy atom. The van der Waals surface area contributed by atoms with Gasteiger partial charge in [0, 0.05) is 23.3 Å². The van der Waals surface area contributed by atoms with Crippen LogP contribution in [0.25, 0.3) is 11.1 Å². The minimum atomic E-state index is -0.704. The molecule has 4 rings (SSSR count). The highest BCUT2D eigenvalue weighted by molar-refractivity contribution is 6.36. The lowest BCUT2D eigenvalue weighted by Gasteiger charge is -2.34. The second-order valence-corrected chi connectivity index (χ2v) is 10.8. The van der Waals surface area contributed by atoms with E-state index in [4.69, 9.17) is 0 Å². The Bertz CT molecular complexity index is 1380. The molecular formula is C28H28N2O5. The largest absolute Gasteiger partial charge is 0.505 e. The van der Waals surface area contributed by atoms with Gasteiger partial charge in [-0.1, -0.05) is 71.9 Å². The minimum Gasteiger partial charge on any atom is -0.505 e. The van der Waals surface area contributed by atoms with E-state index in [1.807, 2.05) is 77.9 Å². The van der Waals surface area contributed by atoms with Gasteiger partial charge in [-0.15, -0.1) is 0 Å². The summed E-state index contributed by atoms with van der Waals surface area (Å²) in [7, 11) is 0. The highest BCUT2D eigenvalue weighted by Crippen LogP contribution is 2.50. The summed E-state index contributed by atoms with van der Waals surface area (Å²) in [5.74, 6) is -1.48. The number of nitrogens with zero attached hydrogens (tertiary/aromatic N) is 2. The SMILES string of the molecule is CC(C)(C)c1cc(-c2ccccc2)c(N2C(=O)c3ccc([N+](=O)[O-])cc3C2=O)c(O)c1C(C)(C)C. The van der Waals surface area contributed by atoms with Crippen molar-refractivity contribution in [3.63, 3.8) is 0 Å². The van der Waals surface area contributed by atoms with Gasteiger partial charge in [0.05, 0.1) is 16.1 Å². The van der Waals surface area contributed by atoms with Gasteiger partial charge in [-0.3, -0.25) is 19.7 Å². The van der Waals surface area contributed by atoms with Crippen LogP contribution in [0.15, 0.2) is 54.6 Å². The number of carbonyl (C=O) groups excluding carboxylic acids is 2. The molecule has 0 unspecified atom stereocenters. The fraction of sp³-hybridized carbons (Fsp3) is 0.286. The normalized spacial score (nSPS) is 13.8. The number of hydrogen-bond donors (Lipinski definition) is 1. The molecule has 0 saturated carbocycles. The van der Waals surface area contributed by atoms with E-state index in [0.717, 1.165) is 22.1 Å². The van der Waals surface area contributed by atoms with E-state index < -0.39 is 22.2 Å². The number of amides is 2. The van der Waals surface area contributed by atoms with Crippen LogP contribution in [-0.2, 0) is 10.8 Å². The van der Waals surface area contributed by atoms with E-state index in [1.54, 1.807) is 0 Å². The molecule has 7 nitrogen and oxygen atoms in total. The minimum absolute atomic E-state index is 0.0557. The van der Waals surface area contributed by atoms with Gasteiger partial charge < -0.3 is 5.11 Å². The zero-order chi connectivity index (χ0) is 25.9. The number of nitro groups is 1. The fourth-order valence-corrected chi connectivity index (χ4v) is 4.62. The van der Waals surface area contributed by atoms with E-state index in [9.17, 15) is 24.8 Å². The molecule has 0 spiro atoms. The smallest absolute Gasteiger partial charge is 0.270 e. The van der Waals surface area contributed by atoms with Crippen LogP contribution in [0.4, 0.5) is 11.4 Å². The summed E-state index contributed by atoms with van der Waals surface area (Å²) < 4.78 is 0. The van der Waals surface area contributed by atoms with Gasteiger partial charge in [-0.2, -0.15) is 0 Å². The zero-order valence-corrected chi connectivity index (χ0v) is 20.7. The first-order valence-corrected chi connectivity index (χ1v) is 11.4. The first kappa shape index (κ1) is 24.1. The lowest BCUT2D eigenvalue weighted by atomic mass is 9.73. The number of nitro benzene ring substituents is 1. The number of anilines is 1. The molecule has 180 valence electrons. The second kappa shape index (κ2) is 8.05. The highest BCUT2D eigenvalue weighted by atomic mass is 16.6. The second-order valence-electron chi connectivity index (χ2n) is 10.8. The van der Waals surface area contributed by atoms with Gasteiger partial charge in [0.1, 0.15) is 11.4 Å². The molecule has 0 aliphatic carbocycles. The molecule has 35 heavy (non-hydrogen) atoms. The molecular weight excluding hydrogens is 444 g/mol. The van der Waals surface area contributed by atoms with Gasteiger partial charge in [0.15, 0.2) is 0 Å². The van der Waals surface area contributed by atoms with Gasteiger partial charge in [0.25, 0.3) is 17.5 Å². The maximum atomic E-state index is 13.5. The van der Waals surface area contributed by atoms with Crippen LogP contribution < -0.4 is 4.90 Å². The number of hydrogen-bond acceptors (Lipinski definition) is 5. The van der Waals surface area contributed by atoms with Gasteiger partial charge in [-0.25, -0.2) is 4.90 Å². The molecule has 1 N–H and O–H groups in total. The summed E-state index contributed by atoms with van der Waals surface area (Å²) in [5.41, 5.74) is 1.77. The Morgan fingerprint density at radius 3 is 1.94 bits per heavy atom. The number of fused-ring (bicyclic) bond motifs is 1. The first-order valence-electron chi connectivity index (χ1n) is 11.4.